The van der Waals surface area contributed by atoms with E-state index in [1.54, 1.807) is 0 Å². The molecule has 0 aliphatic heterocycles. The summed E-state index contributed by atoms with van der Waals surface area (Å²) >= 11 is 0. The van der Waals surface area contributed by atoms with E-state index in [1.807, 2.05) is 19.9 Å². The molecule has 5 heteroatoms. The lowest BCUT2D eigenvalue weighted by Crippen LogP contribution is -2.19. The van der Waals surface area contributed by atoms with Crippen molar-refractivity contribution in [1.29, 1.82) is 0 Å². The first-order valence-electron chi connectivity index (χ1n) is 8.11. The fraction of sp³-hybridized carbons (Fsp3) is 0.765. The number of carboxylic acids is 1. The predicted molar refractivity (Wildman–Crippen MR) is 91.3 cm³/mol. The van der Waals surface area contributed by atoms with Crippen molar-refractivity contribution in [3.05, 3.63) is 12.7 Å². The number of amides is 1. The first-order chi connectivity index (χ1) is 10.2. The molecule has 0 rings (SSSR count). The second kappa shape index (κ2) is 14.6. The molecule has 1 amide bonds. The summed E-state index contributed by atoms with van der Waals surface area (Å²) in [7, 11) is 0. The van der Waals surface area contributed by atoms with Crippen molar-refractivity contribution in [3.8, 4) is 0 Å². The number of carbonyl (C=O) groups is 2. The van der Waals surface area contributed by atoms with Crippen LogP contribution in [0.25, 0.3) is 0 Å². The summed E-state index contributed by atoms with van der Waals surface area (Å²) in [6, 6.07) is 0.219. The Hall–Kier alpha value is -1.36. The Morgan fingerprint density at radius 3 is 2.18 bits per heavy atom. The maximum Gasteiger partial charge on any atom is 0.303 e. The maximum absolute atomic E-state index is 10.6. The van der Waals surface area contributed by atoms with Crippen molar-refractivity contribution < 1.29 is 14.7 Å². The van der Waals surface area contributed by atoms with Gasteiger partial charge in [0.2, 0.25) is 5.91 Å². The summed E-state index contributed by atoms with van der Waals surface area (Å²) in [5.41, 5.74) is 10.6. The van der Waals surface area contributed by atoms with Gasteiger partial charge in [0.05, 0.1) is 0 Å². The summed E-state index contributed by atoms with van der Waals surface area (Å²) in [5, 5.41) is 8.56. The summed E-state index contributed by atoms with van der Waals surface area (Å²) in [6.45, 7) is 9.80. The smallest absolute Gasteiger partial charge is 0.303 e. The molecule has 0 unspecified atom stereocenters. The third kappa shape index (κ3) is 18.6. The molecule has 0 aromatic rings. The largest absolute Gasteiger partial charge is 0.481 e. The zero-order valence-electron chi connectivity index (χ0n) is 14.4. The molecule has 22 heavy (non-hydrogen) atoms. The minimum absolute atomic E-state index is 0.0289. The number of aliphatic carboxylic acids is 1. The Kier molecular flexibility index (Phi) is 15.2. The number of nitrogens with two attached hydrogens (primary N) is 2. The molecule has 5 nitrogen and oxygen atoms in total. The van der Waals surface area contributed by atoms with Crippen LogP contribution in [0.5, 0.6) is 0 Å². The van der Waals surface area contributed by atoms with Crippen LogP contribution in [-0.2, 0) is 9.59 Å². The van der Waals surface area contributed by atoms with Crippen LogP contribution in [0.15, 0.2) is 12.7 Å². The lowest BCUT2D eigenvalue weighted by Gasteiger charge is -2.14. The molecule has 130 valence electrons. The van der Waals surface area contributed by atoms with E-state index < -0.39 is 11.9 Å². The average molecular weight is 314 g/mol. The molecule has 0 heterocycles. The Bertz CT molecular complexity index is 301. The highest BCUT2D eigenvalue weighted by Crippen LogP contribution is 2.18. The topological polar surface area (TPSA) is 106 Å². The van der Waals surface area contributed by atoms with Gasteiger partial charge in [-0.15, -0.1) is 6.58 Å². The molecule has 0 spiro atoms. The van der Waals surface area contributed by atoms with E-state index in [0.29, 0.717) is 5.92 Å². The summed E-state index contributed by atoms with van der Waals surface area (Å²) < 4.78 is 0. The maximum atomic E-state index is 10.6. The monoisotopic (exact) mass is 314 g/mol. The molecule has 0 saturated heterocycles. The molecule has 0 aromatic carbocycles. The summed E-state index contributed by atoms with van der Waals surface area (Å²) in [5.74, 6) is -1.02. The summed E-state index contributed by atoms with van der Waals surface area (Å²) in [6.07, 6.45) is 7.64. The van der Waals surface area contributed by atoms with E-state index in [1.165, 1.54) is 19.3 Å². The van der Waals surface area contributed by atoms with E-state index in [9.17, 15) is 9.59 Å². The Morgan fingerprint density at radius 1 is 1.23 bits per heavy atom. The fourth-order valence-electron chi connectivity index (χ4n) is 2.18. The molecule has 5 N–H and O–H groups in total. The van der Waals surface area contributed by atoms with Crippen molar-refractivity contribution in [3.63, 3.8) is 0 Å². The fourth-order valence-corrected chi connectivity index (χ4v) is 2.18. The first kappa shape index (κ1) is 22.9. The van der Waals surface area contributed by atoms with Crippen LogP contribution in [0, 0.1) is 11.8 Å². The van der Waals surface area contributed by atoms with Gasteiger partial charge in [0.15, 0.2) is 0 Å². The highest BCUT2D eigenvalue weighted by atomic mass is 16.4. The minimum atomic E-state index is -0.869. The number of hydrogen-bond acceptors (Lipinski definition) is 3. The van der Waals surface area contributed by atoms with Gasteiger partial charge < -0.3 is 16.6 Å². The number of unbranched alkanes of at least 4 members (excludes halogenated alkanes) is 2. The molecule has 2 atom stereocenters. The lowest BCUT2D eigenvalue weighted by molar-refractivity contribution is -0.138. The van der Waals surface area contributed by atoms with Crippen LogP contribution in [0.1, 0.15) is 65.7 Å². The van der Waals surface area contributed by atoms with Crippen LogP contribution in [0.4, 0.5) is 0 Å². The SMILES string of the molecule is C=C[C@@H](N)CCCCC.CC(C)C[C@H](CC(N)=O)CC(=O)O. The van der Waals surface area contributed by atoms with Gasteiger partial charge in [-0.3, -0.25) is 9.59 Å². The zero-order valence-corrected chi connectivity index (χ0v) is 14.4. The van der Waals surface area contributed by atoms with Gasteiger partial charge in [0.25, 0.3) is 0 Å². The van der Waals surface area contributed by atoms with Crippen LogP contribution >= 0.6 is 0 Å². The molecule has 0 aromatic heterocycles. The third-order valence-corrected chi connectivity index (χ3v) is 3.20. The molecule has 0 radical (unpaired) electrons. The number of primary amides is 1. The molecule has 0 aliphatic rings. The molecular weight excluding hydrogens is 280 g/mol. The van der Waals surface area contributed by atoms with E-state index in [2.05, 4.69) is 13.5 Å². The van der Waals surface area contributed by atoms with Crippen molar-refractivity contribution in [2.24, 2.45) is 23.3 Å². The second-order valence-corrected chi connectivity index (χ2v) is 6.16. The molecule has 0 aliphatic carbocycles. The van der Waals surface area contributed by atoms with Gasteiger partial charge in [0.1, 0.15) is 0 Å². The average Bonchev–Trinajstić information content (AvgIpc) is 2.37. The van der Waals surface area contributed by atoms with E-state index in [-0.39, 0.29) is 24.8 Å². The normalized spacial score (nSPS) is 13.0. The summed E-state index contributed by atoms with van der Waals surface area (Å²) in [4.78, 5) is 21.0. The number of rotatable bonds is 11. The van der Waals surface area contributed by atoms with Crippen LogP contribution in [-0.4, -0.2) is 23.0 Å². The van der Waals surface area contributed by atoms with Crippen molar-refractivity contribution in [1.82, 2.24) is 0 Å². The van der Waals surface area contributed by atoms with Gasteiger partial charge in [-0.2, -0.15) is 0 Å². The molecule has 0 bridgehead atoms. The molecular formula is C17H34N2O3. The highest BCUT2D eigenvalue weighted by Gasteiger charge is 2.16. The van der Waals surface area contributed by atoms with E-state index >= 15 is 0 Å². The van der Waals surface area contributed by atoms with Crippen molar-refractivity contribution in [2.75, 3.05) is 0 Å². The zero-order chi connectivity index (χ0) is 17.5. The van der Waals surface area contributed by atoms with Gasteiger partial charge in [-0.05, 0) is 24.7 Å². The van der Waals surface area contributed by atoms with Crippen LogP contribution in [0.2, 0.25) is 0 Å². The predicted octanol–water partition coefficient (Wildman–Crippen LogP) is 3.08. The molecule has 0 saturated carbocycles. The third-order valence-electron chi connectivity index (χ3n) is 3.20. The Labute approximate surface area is 135 Å². The highest BCUT2D eigenvalue weighted by molar-refractivity contribution is 5.75. The van der Waals surface area contributed by atoms with Crippen molar-refractivity contribution in [2.45, 2.75) is 71.8 Å². The van der Waals surface area contributed by atoms with E-state index in [4.69, 9.17) is 16.6 Å². The van der Waals surface area contributed by atoms with Crippen LogP contribution in [0.3, 0.4) is 0 Å². The van der Waals surface area contributed by atoms with Gasteiger partial charge in [0, 0.05) is 18.9 Å². The van der Waals surface area contributed by atoms with E-state index in [0.717, 1.165) is 12.8 Å². The number of carboxylic acid groups (broad SMARTS) is 1. The number of carbonyl (C=O) groups excluding carboxylic acids is 1. The minimum Gasteiger partial charge on any atom is -0.481 e. The van der Waals surface area contributed by atoms with Crippen molar-refractivity contribution >= 4 is 11.9 Å². The Balaban J connectivity index is 0. The molecule has 0 fully saturated rings. The van der Waals surface area contributed by atoms with Gasteiger partial charge in [-0.25, -0.2) is 0 Å². The second-order valence-electron chi connectivity index (χ2n) is 6.16. The first-order valence-corrected chi connectivity index (χ1v) is 8.11. The van der Waals surface area contributed by atoms with Gasteiger partial charge >= 0.3 is 5.97 Å². The van der Waals surface area contributed by atoms with Crippen LogP contribution < -0.4 is 11.5 Å². The Morgan fingerprint density at radius 2 is 1.82 bits per heavy atom. The quantitative estimate of drug-likeness (QED) is 0.402. The number of hydrogen-bond donors (Lipinski definition) is 3. The lowest BCUT2D eigenvalue weighted by atomic mass is 9.91. The van der Waals surface area contributed by atoms with Gasteiger partial charge in [-0.1, -0.05) is 46.1 Å². The standard InChI is InChI=1S/C9H17NO3.C8H17N/c1-6(2)3-7(4-8(10)11)5-9(12)13;1-3-5-6-7-8(9)4-2/h6-7H,3-5H2,1-2H3,(H2,10,11)(H,12,13);4,8H,2-3,5-7,9H2,1H3/t7-;8-/m11/s1.